The van der Waals surface area contributed by atoms with Crippen LogP contribution in [0.5, 0.6) is 5.75 Å². The molecule has 0 spiro atoms. The molecule has 1 saturated carbocycles. The number of nitrogens with zero attached hydrogens (tertiary/aromatic N) is 3. The smallest absolute Gasteiger partial charge is 0.387 e. The molecule has 8 nitrogen and oxygen atoms in total. The van der Waals surface area contributed by atoms with Gasteiger partial charge in [0.05, 0.1) is 25.4 Å². The number of halogens is 2. The number of alkyl halides is 2. The van der Waals surface area contributed by atoms with E-state index < -0.39 is 6.61 Å². The molecule has 0 amide bonds. The van der Waals surface area contributed by atoms with Crippen LogP contribution in [0.15, 0.2) is 41.1 Å². The van der Waals surface area contributed by atoms with E-state index in [0.717, 1.165) is 61.2 Å². The molecule has 4 heterocycles. The predicted octanol–water partition coefficient (Wildman–Crippen LogP) is 6.03. The van der Waals surface area contributed by atoms with Gasteiger partial charge in [0, 0.05) is 35.3 Å². The van der Waals surface area contributed by atoms with Crippen molar-refractivity contribution in [1.29, 1.82) is 0 Å². The van der Waals surface area contributed by atoms with Crippen molar-refractivity contribution in [3.05, 3.63) is 59.0 Å². The zero-order valence-corrected chi connectivity index (χ0v) is 21.9. The maximum Gasteiger partial charge on any atom is 0.387 e. The monoisotopic (exact) mass is 539 g/mol. The average Bonchev–Trinajstić information content (AvgIpc) is 3.63. The van der Waals surface area contributed by atoms with Crippen molar-refractivity contribution < 1.29 is 32.3 Å². The molecule has 3 aromatic rings. The van der Waals surface area contributed by atoms with E-state index >= 15 is 0 Å². The number of methoxy groups -OCH3 is 1. The summed E-state index contributed by atoms with van der Waals surface area (Å²) in [6.07, 6.45) is 7.46. The summed E-state index contributed by atoms with van der Waals surface area (Å²) < 4.78 is 48.0. The SMILES string of the molecule is COC(=O)c1cnc(N2[C@@H]3CC[C@H]2C[C@H](OCc2c(-c4ccccc4OC(F)F)noc2C2CC2)C3)cc1C. The number of carbonyl (C=O) groups excluding carboxylic acids is 1. The van der Waals surface area contributed by atoms with Gasteiger partial charge in [0.2, 0.25) is 0 Å². The van der Waals surface area contributed by atoms with Gasteiger partial charge in [0.1, 0.15) is 23.0 Å². The number of para-hydroxylation sites is 1. The van der Waals surface area contributed by atoms with E-state index in [-0.39, 0.29) is 35.8 Å². The molecule has 2 bridgehead atoms. The Kier molecular flexibility index (Phi) is 6.97. The van der Waals surface area contributed by atoms with Crippen LogP contribution >= 0.6 is 0 Å². The average molecular weight is 540 g/mol. The second-order valence-corrected chi connectivity index (χ2v) is 10.6. The van der Waals surface area contributed by atoms with Gasteiger partial charge in [-0.05, 0) is 69.2 Å². The summed E-state index contributed by atoms with van der Waals surface area (Å²) in [5.74, 6) is 1.62. The molecular weight excluding hydrogens is 508 g/mol. The summed E-state index contributed by atoms with van der Waals surface area (Å²) in [5, 5.41) is 4.28. The second-order valence-electron chi connectivity index (χ2n) is 10.6. The lowest BCUT2D eigenvalue weighted by molar-refractivity contribution is -0.0494. The molecule has 2 saturated heterocycles. The fourth-order valence-electron chi connectivity index (χ4n) is 6.04. The lowest BCUT2D eigenvalue weighted by atomic mass is 9.98. The minimum Gasteiger partial charge on any atom is -0.465 e. The molecule has 2 aromatic heterocycles. The van der Waals surface area contributed by atoms with Gasteiger partial charge in [0.25, 0.3) is 0 Å². The van der Waals surface area contributed by atoms with Crippen molar-refractivity contribution in [3.63, 3.8) is 0 Å². The molecule has 39 heavy (non-hydrogen) atoms. The van der Waals surface area contributed by atoms with Crippen LogP contribution in [0.25, 0.3) is 11.3 Å². The maximum atomic E-state index is 13.1. The molecular formula is C29H31F2N3O5. The van der Waals surface area contributed by atoms with Gasteiger partial charge >= 0.3 is 12.6 Å². The molecule has 2 aliphatic heterocycles. The minimum atomic E-state index is -2.93. The summed E-state index contributed by atoms with van der Waals surface area (Å²) in [7, 11) is 1.37. The number of esters is 1. The van der Waals surface area contributed by atoms with E-state index in [2.05, 4.69) is 15.0 Å². The van der Waals surface area contributed by atoms with Crippen molar-refractivity contribution in [3.8, 4) is 17.0 Å². The van der Waals surface area contributed by atoms with Crippen LogP contribution in [0.4, 0.5) is 14.6 Å². The highest BCUT2D eigenvalue weighted by Gasteiger charge is 2.42. The number of pyridine rings is 1. The Hall–Kier alpha value is -3.53. The highest BCUT2D eigenvalue weighted by molar-refractivity contribution is 5.90. The summed E-state index contributed by atoms with van der Waals surface area (Å²) in [6.45, 7) is -0.743. The van der Waals surface area contributed by atoms with Gasteiger partial charge < -0.3 is 23.6 Å². The second kappa shape index (κ2) is 10.6. The summed E-state index contributed by atoms with van der Waals surface area (Å²) in [4.78, 5) is 18.9. The quantitative estimate of drug-likeness (QED) is 0.305. The first-order valence-electron chi connectivity index (χ1n) is 13.4. The van der Waals surface area contributed by atoms with Gasteiger partial charge in [-0.25, -0.2) is 9.78 Å². The zero-order valence-electron chi connectivity index (χ0n) is 21.9. The molecule has 0 radical (unpaired) electrons. The van der Waals surface area contributed by atoms with Crippen LogP contribution < -0.4 is 9.64 Å². The standard InChI is InChI=1S/C29H31F2N3O5/c1-16-11-25(32-14-22(16)28(35)36-2)34-18-9-10-19(34)13-20(12-18)37-15-23-26(33-39-27(23)17-7-8-17)21-5-3-4-6-24(21)38-29(30)31/h3-6,11,14,17-20,29H,7-10,12-13,15H2,1-2H3/t18-,19+,20-. The third-order valence-corrected chi connectivity index (χ3v) is 8.04. The van der Waals surface area contributed by atoms with Gasteiger partial charge in [-0.15, -0.1) is 0 Å². The van der Waals surface area contributed by atoms with E-state index in [9.17, 15) is 13.6 Å². The largest absolute Gasteiger partial charge is 0.465 e. The minimum absolute atomic E-state index is 0.0385. The Morgan fingerprint density at radius 3 is 2.56 bits per heavy atom. The van der Waals surface area contributed by atoms with Gasteiger partial charge in [-0.3, -0.25) is 0 Å². The van der Waals surface area contributed by atoms with Crippen LogP contribution in [0.1, 0.15) is 71.7 Å². The number of hydrogen-bond acceptors (Lipinski definition) is 8. The first kappa shape index (κ1) is 25.7. The molecule has 1 aromatic carbocycles. The molecule has 3 fully saturated rings. The molecule has 6 rings (SSSR count). The lowest BCUT2D eigenvalue weighted by Gasteiger charge is -2.39. The number of aromatic nitrogens is 2. The van der Waals surface area contributed by atoms with E-state index in [1.165, 1.54) is 13.2 Å². The van der Waals surface area contributed by atoms with Crippen LogP contribution in [0, 0.1) is 6.92 Å². The van der Waals surface area contributed by atoms with Crippen molar-refractivity contribution in [2.24, 2.45) is 0 Å². The third kappa shape index (κ3) is 5.09. The topological polar surface area (TPSA) is 86.9 Å². The van der Waals surface area contributed by atoms with Gasteiger partial charge in [0.15, 0.2) is 0 Å². The highest BCUT2D eigenvalue weighted by atomic mass is 19.3. The van der Waals surface area contributed by atoms with Gasteiger partial charge in [-0.2, -0.15) is 8.78 Å². The first-order valence-corrected chi connectivity index (χ1v) is 13.4. The number of benzene rings is 1. The number of aryl methyl sites for hydroxylation is 1. The third-order valence-electron chi connectivity index (χ3n) is 8.04. The fraction of sp³-hybridized carbons (Fsp3) is 0.483. The molecule has 0 N–H and O–H groups in total. The zero-order chi connectivity index (χ0) is 27.1. The Labute approximate surface area is 225 Å². The van der Waals surface area contributed by atoms with Gasteiger partial charge in [-0.1, -0.05) is 17.3 Å². The van der Waals surface area contributed by atoms with Crippen LogP contribution in [-0.2, 0) is 16.1 Å². The Bertz CT molecular complexity index is 1340. The molecule has 3 aliphatic rings. The van der Waals surface area contributed by atoms with Crippen LogP contribution in [-0.4, -0.2) is 48.0 Å². The number of piperidine rings is 1. The van der Waals surface area contributed by atoms with E-state index in [0.29, 0.717) is 23.4 Å². The van der Waals surface area contributed by atoms with E-state index in [4.69, 9.17) is 18.7 Å². The van der Waals surface area contributed by atoms with Crippen molar-refractivity contribution in [2.45, 2.75) is 82.8 Å². The lowest BCUT2D eigenvalue weighted by Crippen LogP contribution is -2.46. The number of fused-ring (bicyclic) bond motifs is 2. The number of anilines is 1. The maximum absolute atomic E-state index is 13.1. The molecule has 206 valence electrons. The fourth-order valence-corrected chi connectivity index (χ4v) is 6.04. The van der Waals surface area contributed by atoms with Crippen molar-refractivity contribution in [1.82, 2.24) is 10.1 Å². The summed E-state index contributed by atoms with van der Waals surface area (Å²) in [5.41, 5.74) is 3.10. The van der Waals surface area contributed by atoms with E-state index in [1.807, 2.05) is 13.0 Å². The molecule has 3 atom stereocenters. The van der Waals surface area contributed by atoms with Crippen LogP contribution in [0.3, 0.4) is 0 Å². The predicted molar refractivity (Wildman–Crippen MR) is 138 cm³/mol. The molecule has 1 aliphatic carbocycles. The highest BCUT2D eigenvalue weighted by Crippen LogP contribution is 2.46. The summed E-state index contributed by atoms with van der Waals surface area (Å²) >= 11 is 0. The molecule has 0 unspecified atom stereocenters. The number of hydrogen-bond donors (Lipinski definition) is 0. The number of ether oxygens (including phenoxy) is 3. The molecule has 10 heteroatoms. The van der Waals surface area contributed by atoms with E-state index in [1.54, 1.807) is 24.4 Å². The number of carbonyl (C=O) groups is 1. The Morgan fingerprint density at radius 2 is 1.90 bits per heavy atom. The first-order chi connectivity index (χ1) is 18.9. The Balaban J connectivity index is 1.18. The Morgan fingerprint density at radius 1 is 1.15 bits per heavy atom. The van der Waals surface area contributed by atoms with Crippen molar-refractivity contribution in [2.75, 3.05) is 12.0 Å². The van der Waals surface area contributed by atoms with Crippen LogP contribution in [0.2, 0.25) is 0 Å². The summed E-state index contributed by atoms with van der Waals surface area (Å²) in [6, 6.07) is 9.19. The normalized spacial score (nSPS) is 22.4. The van der Waals surface area contributed by atoms with Crippen molar-refractivity contribution >= 4 is 11.8 Å². The number of rotatable bonds is 9.